The Bertz CT molecular complexity index is 1290. The average molecular weight is 404 g/mol. The van der Waals surface area contributed by atoms with Gasteiger partial charge in [-0.1, -0.05) is 6.07 Å². The van der Waals surface area contributed by atoms with Crippen LogP contribution in [0.25, 0.3) is 11.0 Å². The van der Waals surface area contributed by atoms with Crippen LogP contribution in [0.4, 0.5) is 0 Å². The number of hydrogen-bond acceptors (Lipinski definition) is 6. The summed E-state index contributed by atoms with van der Waals surface area (Å²) >= 11 is 0. The second-order valence-electron chi connectivity index (χ2n) is 6.71. The van der Waals surface area contributed by atoms with E-state index in [0.29, 0.717) is 17.0 Å². The fourth-order valence-electron chi connectivity index (χ4n) is 3.35. The summed E-state index contributed by atoms with van der Waals surface area (Å²) in [6.07, 6.45) is 4.82. The van der Waals surface area contributed by atoms with Gasteiger partial charge >= 0.3 is 5.69 Å². The first kappa shape index (κ1) is 19.4. The first-order valence-corrected chi connectivity index (χ1v) is 9.30. The van der Waals surface area contributed by atoms with E-state index in [0.717, 1.165) is 11.1 Å². The molecule has 0 aliphatic heterocycles. The summed E-state index contributed by atoms with van der Waals surface area (Å²) in [4.78, 5) is 34.6. The van der Waals surface area contributed by atoms with Gasteiger partial charge in [0, 0.05) is 24.7 Å². The number of fused-ring (bicyclic) bond motifs is 1. The van der Waals surface area contributed by atoms with Crippen molar-refractivity contribution < 1.29 is 9.47 Å². The fraction of sp³-hybridized carbons (Fsp3) is 0.182. The van der Waals surface area contributed by atoms with Gasteiger partial charge in [0.2, 0.25) is 0 Å². The van der Waals surface area contributed by atoms with Crippen molar-refractivity contribution in [1.29, 1.82) is 0 Å². The maximum absolute atomic E-state index is 13.3. The zero-order valence-electron chi connectivity index (χ0n) is 16.6. The smallest absolute Gasteiger partial charge is 0.332 e. The SMILES string of the molecule is COc1cc(Cn2c(=O)n(Cc3cccnc3)c(=O)c3ncccc32)cc(OC)c1. The van der Waals surface area contributed by atoms with E-state index in [-0.39, 0.29) is 18.6 Å². The molecule has 3 heterocycles. The highest BCUT2D eigenvalue weighted by atomic mass is 16.5. The highest BCUT2D eigenvalue weighted by Crippen LogP contribution is 2.23. The number of pyridine rings is 2. The van der Waals surface area contributed by atoms with Crippen molar-refractivity contribution in [3.8, 4) is 11.5 Å². The van der Waals surface area contributed by atoms with E-state index in [1.165, 1.54) is 9.13 Å². The molecule has 0 radical (unpaired) electrons. The maximum Gasteiger partial charge on any atom is 0.332 e. The standard InChI is InChI=1S/C22H20N4O4/c1-29-17-9-16(10-18(11-17)30-2)14-25-19-6-4-8-24-20(19)21(27)26(22(25)28)13-15-5-3-7-23-12-15/h3-12H,13-14H2,1-2H3. The van der Waals surface area contributed by atoms with Crippen LogP contribution in [0.5, 0.6) is 11.5 Å². The molecule has 0 aliphatic rings. The molecule has 0 fully saturated rings. The summed E-state index contributed by atoms with van der Waals surface area (Å²) in [5.41, 5.74) is 1.39. The number of aromatic nitrogens is 4. The Morgan fingerprint density at radius 3 is 2.23 bits per heavy atom. The van der Waals surface area contributed by atoms with Gasteiger partial charge < -0.3 is 9.47 Å². The van der Waals surface area contributed by atoms with Crippen LogP contribution in [-0.4, -0.2) is 33.3 Å². The predicted molar refractivity (Wildman–Crippen MR) is 112 cm³/mol. The van der Waals surface area contributed by atoms with Crippen LogP contribution in [0.1, 0.15) is 11.1 Å². The first-order valence-electron chi connectivity index (χ1n) is 9.30. The Labute approximate surface area is 172 Å². The monoisotopic (exact) mass is 404 g/mol. The highest BCUT2D eigenvalue weighted by molar-refractivity contribution is 5.73. The molecule has 4 rings (SSSR count). The number of hydrogen-bond donors (Lipinski definition) is 0. The molecule has 0 saturated heterocycles. The molecule has 8 heteroatoms. The molecule has 4 aromatic rings. The van der Waals surface area contributed by atoms with Gasteiger partial charge in [-0.15, -0.1) is 0 Å². The molecule has 0 unspecified atom stereocenters. The third-order valence-corrected chi connectivity index (χ3v) is 4.80. The van der Waals surface area contributed by atoms with E-state index in [1.807, 2.05) is 18.2 Å². The number of ether oxygens (including phenoxy) is 2. The van der Waals surface area contributed by atoms with E-state index in [2.05, 4.69) is 9.97 Å². The molecule has 0 amide bonds. The third kappa shape index (κ3) is 3.67. The van der Waals surface area contributed by atoms with Crippen LogP contribution in [0.3, 0.4) is 0 Å². The lowest BCUT2D eigenvalue weighted by molar-refractivity contribution is 0.393. The Balaban J connectivity index is 1.89. The molecule has 0 aliphatic carbocycles. The molecule has 0 saturated carbocycles. The second-order valence-corrected chi connectivity index (χ2v) is 6.71. The van der Waals surface area contributed by atoms with Gasteiger partial charge in [0.15, 0.2) is 5.52 Å². The predicted octanol–water partition coefficient (Wildman–Crippen LogP) is 2.07. The lowest BCUT2D eigenvalue weighted by Gasteiger charge is -2.15. The van der Waals surface area contributed by atoms with Gasteiger partial charge in [-0.2, -0.15) is 0 Å². The zero-order valence-corrected chi connectivity index (χ0v) is 16.6. The molecule has 8 nitrogen and oxygen atoms in total. The van der Waals surface area contributed by atoms with Gasteiger partial charge in [0.1, 0.15) is 11.5 Å². The van der Waals surface area contributed by atoms with E-state index in [1.54, 1.807) is 57.1 Å². The van der Waals surface area contributed by atoms with Crippen molar-refractivity contribution in [2.45, 2.75) is 13.1 Å². The summed E-state index contributed by atoms with van der Waals surface area (Å²) in [5, 5.41) is 0. The van der Waals surface area contributed by atoms with Gasteiger partial charge in [-0.05, 0) is 41.5 Å². The molecule has 0 bridgehead atoms. The fourth-order valence-corrected chi connectivity index (χ4v) is 3.35. The minimum atomic E-state index is -0.432. The Morgan fingerprint density at radius 2 is 1.57 bits per heavy atom. The largest absolute Gasteiger partial charge is 0.497 e. The van der Waals surface area contributed by atoms with Crippen molar-refractivity contribution in [1.82, 2.24) is 19.1 Å². The summed E-state index contributed by atoms with van der Waals surface area (Å²) in [6, 6.07) is 12.4. The van der Waals surface area contributed by atoms with Crippen molar-refractivity contribution >= 4 is 11.0 Å². The quantitative estimate of drug-likeness (QED) is 0.489. The van der Waals surface area contributed by atoms with Crippen molar-refractivity contribution in [3.63, 3.8) is 0 Å². The second kappa shape index (κ2) is 8.20. The molecule has 152 valence electrons. The van der Waals surface area contributed by atoms with Crippen LogP contribution in [-0.2, 0) is 13.1 Å². The van der Waals surface area contributed by atoms with E-state index >= 15 is 0 Å². The molecular formula is C22H20N4O4. The normalized spacial score (nSPS) is 10.9. The molecule has 0 N–H and O–H groups in total. The molecule has 30 heavy (non-hydrogen) atoms. The first-order chi connectivity index (χ1) is 14.6. The molecule has 0 atom stereocenters. The lowest BCUT2D eigenvalue weighted by Crippen LogP contribution is -2.40. The number of benzene rings is 1. The molecule has 0 spiro atoms. The summed E-state index contributed by atoms with van der Waals surface area (Å²) in [5.74, 6) is 1.23. The Morgan fingerprint density at radius 1 is 0.867 bits per heavy atom. The van der Waals surface area contributed by atoms with Gasteiger partial charge in [0.25, 0.3) is 5.56 Å². The number of nitrogens with zero attached hydrogens (tertiary/aromatic N) is 4. The highest BCUT2D eigenvalue weighted by Gasteiger charge is 2.15. The van der Waals surface area contributed by atoms with Crippen LogP contribution in [0.2, 0.25) is 0 Å². The molecular weight excluding hydrogens is 384 g/mol. The van der Waals surface area contributed by atoms with Crippen molar-refractivity contribution in [3.05, 3.63) is 93.0 Å². The summed E-state index contributed by atoms with van der Waals surface area (Å²) < 4.78 is 13.4. The minimum absolute atomic E-state index is 0.111. The van der Waals surface area contributed by atoms with Crippen LogP contribution in [0.15, 0.2) is 70.6 Å². The Hall–Kier alpha value is -3.94. The third-order valence-electron chi connectivity index (χ3n) is 4.80. The van der Waals surface area contributed by atoms with E-state index in [9.17, 15) is 9.59 Å². The van der Waals surface area contributed by atoms with Gasteiger partial charge in [-0.3, -0.25) is 18.9 Å². The van der Waals surface area contributed by atoms with Crippen molar-refractivity contribution in [2.75, 3.05) is 14.2 Å². The van der Waals surface area contributed by atoms with E-state index in [4.69, 9.17) is 9.47 Å². The van der Waals surface area contributed by atoms with Crippen LogP contribution < -0.4 is 20.7 Å². The molecule has 3 aromatic heterocycles. The van der Waals surface area contributed by atoms with Gasteiger partial charge in [0.05, 0.1) is 32.8 Å². The number of methoxy groups -OCH3 is 2. The topological polar surface area (TPSA) is 88.2 Å². The van der Waals surface area contributed by atoms with E-state index < -0.39 is 11.2 Å². The summed E-state index contributed by atoms with van der Waals surface area (Å²) in [6.45, 7) is 0.335. The molecule has 1 aromatic carbocycles. The Kier molecular flexibility index (Phi) is 5.30. The zero-order chi connectivity index (χ0) is 21.1. The maximum atomic E-state index is 13.3. The lowest BCUT2D eigenvalue weighted by atomic mass is 10.2. The van der Waals surface area contributed by atoms with Crippen LogP contribution >= 0.6 is 0 Å². The van der Waals surface area contributed by atoms with Crippen LogP contribution in [0, 0.1) is 0 Å². The van der Waals surface area contributed by atoms with Gasteiger partial charge in [-0.25, -0.2) is 9.78 Å². The summed E-state index contributed by atoms with van der Waals surface area (Å²) in [7, 11) is 3.14. The minimum Gasteiger partial charge on any atom is -0.497 e. The van der Waals surface area contributed by atoms with Crippen molar-refractivity contribution in [2.24, 2.45) is 0 Å². The number of rotatable bonds is 6. The average Bonchev–Trinajstić information content (AvgIpc) is 2.80.